The van der Waals surface area contributed by atoms with Gasteiger partial charge >= 0.3 is 0 Å². The number of anilines is 3. The lowest BCUT2D eigenvalue weighted by molar-refractivity contribution is -0.659. The predicted octanol–water partition coefficient (Wildman–Crippen LogP) is 11.7. The van der Waals surface area contributed by atoms with Gasteiger partial charge in [0.15, 0.2) is 0 Å². The van der Waals surface area contributed by atoms with Gasteiger partial charge in [-0.3, -0.25) is 0 Å². The second kappa shape index (κ2) is 13.6. The SMILES string of the molecule is Cc1ccc2c(oc3ccccc32)c1-c1cccc(N(c2ccccc2)c2cccc(-c3n(-c4c(C(C)C)cccc4C(C)C)cc[n+]3C)c2C)[n+]1C. The molecule has 0 fully saturated rings. The standard InChI is InChI=1S/C48H48N4O/c1-31(2)36-20-14-21-37(32(3)4)46(36)51-30-29-49(7)48(51)38-22-15-23-41(34(38)6)52(35-17-10-9-11-18-35)44-26-16-24-42(50(44)8)45-33(5)27-28-40-39-19-12-13-25-43(39)53-47(40)45/h9-32H,1-8H3/q+2. The first kappa shape index (κ1) is 34.2. The quantitative estimate of drug-likeness (QED) is 0.148. The van der Waals surface area contributed by atoms with Gasteiger partial charge in [-0.25, -0.2) is 9.13 Å². The van der Waals surface area contributed by atoms with E-state index in [9.17, 15) is 0 Å². The van der Waals surface area contributed by atoms with Gasteiger partial charge in [0, 0.05) is 33.5 Å². The van der Waals surface area contributed by atoms with Crippen LogP contribution in [0.25, 0.3) is 50.3 Å². The number of pyridine rings is 1. The predicted molar refractivity (Wildman–Crippen MR) is 219 cm³/mol. The normalized spacial score (nSPS) is 11.7. The van der Waals surface area contributed by atoms with Crippen LogP contribution in [0, 0.1) is 13.8 Å². The molecule has 5 nitrogen and oxygen atoms in total. The Morgan fingerprint density at radius 3 is 2.08 bits per heavy atom. The first-order chi connectivity index (χ1) is 25.7. The molecule has 0 radical (unpaired) electrons. The summed E-state index contributed by atoms with van der Waals surface area (Å²) in [6, 6.07) is 43.5. The van der Waals surface area contributed by atoms with Crippen LogP contribution < -0.4 is 14.0 Å². The summed E-state index contributed by atoms with van der Waals surface area (Å²) in [5.41, 5.74) is 13.8. The molecule has 53 heavy (non-hydrogen) atoms. The minimum atomic E-state index is 0.381. The summed E-state index contributed by atoms with van der Waals surface area (Å²) in [5, 5.41) is 2.26. The molecule has 0 aliphatic heterocycles. The van der Waals surface area contributed by atoms with Crippen molar-refractivity contribution in [3.63, 3.8) is 0 Å². The highest BCUT2D eigenvalue weighted by Gasteiger charge is 2.32. The molecule has 0 spiro atoms. The monoisotopic (exact) mass is 696 g/mol. The summed E-state index contributed by atoms with van der Waals surface area (Å²) in [6.45, 7) is 13.6. The summed E-state index contributed by atoms with van der Waals surface area (Å²) in [6.07, 6.45) is 4.41. The fraction of sp³-hybridized carbons (Fsp3) is 0.208. The van der Waals surface area contributed by atoms with E-state index in [1.165, 1.54) is 33.5 Å². The van der Waals surface area contributed by atoms with Gasteiger partial charge < -0.3 is 4.42 Å². The van der Waals surface area contributed by atoms with Crippen molar-refractivity contribution >= 4 is 39.1 Å². The molecule has 3 heterocycles. The fourth-order valence-corrected chi connectivity index (χ4v) is 8.10. The molecule has 0 aliphatic rings. The zero-order valence-electron chi connectivity index (χ0n) is 32.1. The maximum Gasteiger partial charge on any atom is 0.294 e. The van der Waals surface area contributed by atoms with E-state index < -0.39 is 0 Å². The number of hydrogen-bond acceptors (Lipinski definition) is 2. The molecule has 0 saturated heterocycles. The zero-order chi connectivity index (χ0) is 37.0. The van der Waals surface area contributed by atoms with E-state index in [2.05, 4.69) is 202 Å². The number of imidazole rings is 1. The molecule has 0 amide bonds. The van der Waals surface area contributed by atoms with E-state index in [0.29, 0.717) is 11.8 Å². The molecule has 0 N–H and O–H groups in total. The van der Waals surface area contributed by atoms with Crippen LogP contribution in [0.2, 0.25) is 0 Å². The number of para-hydroxylation sites is 3. The van der Waals surface area contributed by atoms with Crippen molar-refractivity contribution in [1.29, 1.82) is 0 Å². The molecule has 0 saturated carbocycles. The fourth-order valence-electron chi connectivity index (χ4n) is 8.10. The number of nitrogens with zero attached hydrogens (tertiary/aromatic N) is 4. The number of benzene rings is 5. The van der Waals surface area contributed by atoms with Crippen LogP contribution in [0.5, 0.6) is 0 Å². The van der Waals surface area contributed by atoms with Crippen LogP contribution in [0.4, 0.5) is 17.2 Å². The highest BCUT2D eigenvalue weighted by atomic mass is 16.3. The Hall–Kier alpha value is -5.94. The highest BCUT2D eigenvalue weighted by molar-refractivity contribution is 6.09. The van der Waals surface area contributed by atoms with Gasteiger partial charge in [0.2, 0.25) is 0 Å². The third-order valence-electron chi connectivity index (χ3n) is 10.8. The summed E-state index contributed by atoms with van der Waals surface area (Å²) in [5.74, 6) is 2.96. The highest BCUT2D eigenvalue weighted by Crippen LogP contribution is 2.42. The van der Waals surface area contributed by atoms with E-state index >= 15 is 0 Å². The Balaban J connectivity index is 1.34. The van der Waals surface area contributed by atoms with E-state index in [1.807, 2.05) is 6.07 Å². The van der Waals surface area contributed by atoms with Gasteiger partial charge in [0.25, 0.3) is 11.6 Å². The van der Waals surface area contributed by atoms with Crippen molar-refractivity contribution in [2.24, 2.45) is 14.1 Å². The number of rotatable bonds is 8. The number of fused-ring (bicyclic) bond motifs is 3. The lowest BCUT2D eigenvalue weighted by Crippen LogP contribution is -2.38. The number of aromatic nitrogens is 3. The molecule has 5 heteroatoms. The maximum atomic E-state index is 6.59. The average molecular weight is 697 g/mol. The van der Waals surface area contributed by atoms with Crippen LogP contribution >= 0.6 is 0 Å². The molecule has 3 aromatic heterocycles. The molecule has 5 aromatic carbocycles. The molecule has 264 valence electrons. The van der Waals surface area contributed by atoms with Crippen LogP contribution in [0.15, 0.2) is 138 Å². The molecule has 0 bridgehead atoms. The van der Waals surface area contributed by atoms with Gasteiger partial charge in [-0.05, 0) is 73.7 Å². The topological polar surface area (TPSA) is 29.1 Å². The largest absolute Gasteiger partial charge is 0.455 e. The summed E-state index contributed by atoms with van der Waals surface area (Å²) >= 11 is 0. The summed E-state index contributed by atoms with van der Waals surface area (Å²) in [7, 11) is 4.33. The van der Waals surface area contributed by atoms with E-state index in [0.717, 1.165) is 56.2 Å². The Morgan fingerprint density at radius 2 is 1.34 bits per heavy atom. The molecular formula is C48H48N4O+2. The molecule has 8 aromatic rings. The molecule has 0 unspecified atom stereocenters. The third-order valence-corrected chi connectivity index (χ3v) is 10.8. The first-order valence-electron chi connectivity index (χ1n) is 18.7. The van der Waals surface area contributed by atoms with Crippen molar-refractivity contribution in [2.45, 2.75) is 53.4 Å². The van der Waals surface area contributed by atoms with Crippen LogP contribution in [-0.4, -0.2) is 4.57 Å². The minimum Gasteiger partial charge on any atom is -0.455 e. The molecule has 0 atom stereocenters. The van der Waals surface area contributed by atoms with Gasteiger partial charge in [0.05, 0.1) is 25.2 Å². The minimum absolute atomic E-state index is 0.381. The number of furan rings is 1. The second-order valence-electron chi connectivity index (χ2n) is 14.9. The molecule has 8 rings (SSSR count). The average Bonchev–Trinajstić information content (AvgIpc) is 3.73. The Kier molecular flexibility index (Phi) is 8.74. The Labute approximate surface area is 313 Å². The lowest BCUT2D eigenvalue weighted by atomic mass is 9.92. The van der Waals surface area contributed by atoms with E-state index in [1.54, 1.807) is 0 Å². The summed E-state index contributed by atoms with van der Waals surface area (Å²) in [4.78, 5) is 2.39. The van der Waals surface area contributed by atoms with E-state index in [4.69, 9.17) is 4.42 Å². The van der Waals surface area contributed by atoms with Crippen molar-refractivity contribution in [1.82, 2.24) is 4.57 Å². The third kappa shape index (κ3) is 5.72. The second-order valence-corrected chi connectivity index (χ2v) is 14.9. The van der Waals surface area contributed by atoms with Crippen molar-refractivity contribution in [3.05, 3.63) is 156 Å². The first-order valence-corrected chi connectivity index (χ1v) is 18.7. The van der Waals surface area contributed by atoms with Crippen LogP contribution in [-0.2, 0) is 14.1 Å². The lowest BCUT2D eigenvalue weighted by Gasteiger charge is -2.22. The van der Waals surface area contributed by atoms with Crippen LogP contribution in [0.1, 0.15) is 61.8 Å². The Morgan fingerprint density at radius 1 is 0.660 bits per heavy atom. The van der Waals surface area contributed by atoms with Crippen molar-refractivity contribution < 1.29 is 13.6 Å². The van der Waals surface area contributed by atoms with Gasteiger partial charge in [0.1, 0.15) is 46.3 Å². The number of aryl methyl sites for hydroxylation is 2. The van der Waals surface area contributed by atoms with Gasteiger partial charge in [-0.15, -0.1) is 0 Å². The summed E-state index contributed by atoms with van der Waals surface area (Å²) < 4.78 is 13.6. The van der Waals surface area contributed by atoms with Crippen molar-refractivity contribution in [3.8, 4) is 28.3 Å². The van der Waals surface area contributed by atoms with Crippen LogP contribution in [0.3, 0.4) is 0 Å². The Bertz CT molecular complexity index is 2600. The number of hydrogen-bond donors (Lipinski definition) is 0. The smallest absolute Gasteiger partial charge is 0.294 e. The van der Waals surface area contributed by atoms with Gasteiger partial charge in [-0.2, -0.15) is 9.47 Å². The van der Waals surface area contributed by atoms with Gasteiger partial charge in [-0.1, -0.05) is 100 Å². The zero-order valence-corrected chi connectivity index (χ0v) is 32.1. The maximum absolute atomic E-state index is 6.59. The van der Waals surface area contributed by atoms with E-state index in [-0.39, 0.29) is 0 Å². The molecular weight excluding hydrogens is 649 g/mol. The van der Waals surface area contributed by atoms with Crippen molar-refractivity contribution in [2.75, 3.05) is 4.90 Å². The molecule has 0 aliphatic carbocycles.